The van der Waals surface area contributed by atoms with Gasteiger partial charge in [0.05, 0.1) is 6.26 Å². The highest BCUT2D eigenvalue weighted by Gasteiger charge is 2.28. The van der Waals surface area contributed by atoms with Gasteiger partial charge in [-0.3, -0.25) is 14.4 Å². The van der Waals surface area contributed by atoms with Gasteiger partial charge in [-0.2, -0.15) is 5.10 Å². The number of amides is 2. The Hall–Kier alpha value is -3.10. The number of aromatic nitrogens is 2. The number of carboxylic acids is 1. The van der Waals surface area contributed by atoms with Crippen LogP contribution in [-0.2, 0) is 11.3 Å². The second-order valence-electron chi connectivity index (χ2n) is 5.33. The van der Waals surface area contributed by atoms with Crippen molar-refractivity contribution in [2.45, 2.75) is 6.54 Å². The summed E-state index contributed by atoms with van der Waals surface area (Å²) >= 11 is 0. The van der Waals surface area contributed by atoms with Crippen LogP contribution in [0.15, 0.2) is 35.1 Å². The van der Waals surface area contributed by atoms with Gasteiger partial charge in [0.1, 0.15) is 12.2 Å². The Labute approximate surface area is 137 Å². The smallest absolute Gasteiger partial charge is 0.325 e. The number of furan rings is 1. The lowest BCUT2D eigenvalue weighted by atomic mass is 10.2. The predicted octanol–water partition coefficient (Wildman–Crippen LogP) is 0.159. The molecular formula is C15H16N4O5. The lowest BCUT2D eigenvalue weighted by molar-refractivity contribution is -0.137. The van der Waals surface area contributed by atoms with E-state index in [-0.39, 0.29) is 29.8 Å². The number of nitrogens with zero attached hydrogens (tertiary/aromatic N) is 4. The zero-order chi connectivity index (χ0) is 17.1. The fraction of sp³-hybridized carbons (Fsp3) is 0.333. The molecule has 0 atom stereocenters. The Morgan fingerprint density at radius 3 is 2.33 bits per heavy atom. The molecule has 126 valence electrons. The standard InChI is InChI=1S/C15H16N4O5/c20-13(21)10-19-11(3-4-16-19)14(22)17-5-7-18(8-6-17)15(23)12-2-1-9-24-12/h1-4,9H,5-8,10H2,(H,20,21). The number of hydrogen-bond donors (Lipinski definition) is 1. The maximum atomic E-state index is 12.5. The van der Waals surface area contributed by atoms with E-state index in [0.717, 1.165) is 4.68 Å². The van der Waals surface area contributed by atoms with Crippen molar-refractivity contribution in [2.75, 3.05) is 26.2 Å². The number of carbonyl (C=O) groups is 3. The van der Waals surface area contributed by atoms with Crippen LogP contribution in [0.2, 0.25) is 0 Å². The average Bonchev–Trinajstić information content (AvgIpc) is 3.25. The van der Waals surface area contributed by atoms with Crippen LogP contribution in [0.4, 0.5) is 0 Å². The van der Waals surface area contributed by atoms with Crippen LogP contribution < -0.4 is 0 Å². The number of piperazine rings is 1. The highest BCUT2D eigenvalue weighted by Crippen LogP contribution is 2.12. The Morgan fingerprint density at radius 1 is 1.08 bits per heavy atom. The number of rotatable bonds is 4. The van der Waals surface area contributed by atoms with Gasteiger partial charge in [-0.15, -0.1) is 0 Å². The molecule has 0 aliphatic carbocycles. The SMILES string of the molecule is O=C(O)Cn1nccc1C(=O)N1CCN(C(=O)c2ccco2)CC1. The maximum absolute atomic E-state index is 12.5. The van der Waals surface area contributed by atoms with Gasteiger partial charge in [0, 0.05) is 32.4 Å². The topological polar surface area (TPSA) is 109 Å². The van der Waals surface area contributed by atoms with Gasteiger partial charge < -0.3 is 19.3 Å². The second kappa shape index (κ2) is 6.57. The van der Waals surface area contributed by atoms with Crippen LogP contribution in [0.5, 0.6) is 0 Å². The molecule has 0 aromatic carbocycles. The molecule has 0 spiro atoms. The summed E-state index contributed by atoms with van der Waals surface area (Å²) in [5.74, 6) is -1.29. The van der Waals surface area contributed by atoms with Gasteiger partial charge in [0.25, 0.3) is 11.8 Å². The van der Waals surface area contributed by atoms with E-state index < -0.39 is 5.97 Å². The maximum Gasteiger partial charge on any atom is 0.325 e. The second-order valence-corrected chi connectivity index (χ2v) is 5.33. The van der Waals surface area contributed by atoms with Crippen LogP contribution >= 0.6 is 0 Å². The van der Waals surface area contributed by atoms with Gasteiger partial charge in [-0.1, -0.05) is 0 Å². The minimum atomic E-state index is -1.07. The van der Waals surface area contributed by atoms with E-state index in [1.165, 1.54) is 18.5 Å². The Kier molecular flexibility index (Phi) is 4.32. The highest BCUT2D eigenvalue weighted by molar-refractivity contribution is 5.94. The quantitative estimate of drug-likeness (QED) is 0.854. The summed E-state index contributed by atoms with van der Waals surface area (Å²) in [6.45, 7) is 1.13. The van der Waals surface area contributed by atoms with Gasteiger partial charge in [0.2, 0.25) is 0 Å². The van der Waals surface area contributed by atoms with Crippen molar-refractivity contribution in [1.29, 1.82) is 0 Å². The zero-order valence-corrected chi connectivity index (χ0v) is 12.8. The van der Waals surface area contributed by atoms with Crippen molar-refractivity contribution in [3.63, 3.8) is 0 Å². The highest BCUT2D eigenvalue weighted by atomic mass is 16.4. The third-order valence-electron chi connectivity index (χ3n) is 3.81. The summed E-state index contributed by atoms with van der Waals surface area (Å²) in [6.07, 6.45) is 2.84. The number of hydrogen-bond acceptors (Lipinski definition) is 5. The third-order valence-corrected chi connectivity index (χ3v) is 3.81. The molecule has 1 aliphatic rings. The minimum absolute atomic E-state index is 0.206. The zero-order valence-electron chi connectivity index (χ0n) is 12.8. The minimum Gasteiger partial charge on any atom is -0.480 e. The third kappa shape index (κ3) is 3.14. The van der Waals surface area contributed by atoms with Gasteiger partial charge >= 0.3 is 5.97 Å². The molecule has 1 saturated heterocycles. The summed E-state index contributed by atoms with van der Waals surface area (Å²) in [4.78, 5) is 38.7. The van der Waals surface area contributed by atoms with Crippen LogP contribution in [-0.4, -0.2) is 68.6 Å². The molecule has 9 heteroatoms. The van der Waals surface area contributed by atoms with Crippen molar-refractivity contribution in [1.82, 2.24) is 19.6 Å². The monoisotopic (exact) mass is 332 g/mol. The molecule has 1 N–H and O–H groups in total. The molecule has 3 heterocycles. The van der Waals surface area contributed by atoms with Crippen LogP contribution in [0, 0.1) is 0 Å². The lowest BCUT2D eigenvalue weighted by Gasteiger charge is -2.34. The Bertz CT molecular complexity index is 744. The first-order chi connectivity index (χ1) is 11.6. The van der Waals surface area contributed by atoms with Gasteiger partial charge in [-0.05, 0) is 18.2 Å². The molecule has 24 heavy (non-hydrogen) atoms. The van der Waals surface area contributed by atoms with E-state index in [1.807, 2.05) is 0 Å². The molecule has 0 unspecified atom stereocenters. The fourth-order valence-corrected chi connectivity index (χ4v) is 2.60. The van der Waals surface area contributed by atoms with Gasteiger partial charge in [0.15, 0.2) is 5.76 Å². The number of carboxylic acid groups (broad SMARTS) is 1. The van der Waals surface area contributed by atoms with Crippen LogP contribution in [0.25, 0.3) is 0 Å². The van der Waals surface area contributed by atoms with Crippen molar-refractivity contribution < 1.29 is 23.9 Å². The first-order valence-corrected chi connectivity index (χ1v) is 7.42. The molecule has 0 saturated carbocycles. The van der Waals surface area contributed by atoms with E-state index >= 15 is 0 Å². The van der Waals surface area contributed by atoms with Crippen molar-refractivity contribution in [3.05, 3.63) is 42.1 Å². The fourth-order valence-electron chi connectivity index (χ4n) is 2.60. The lowest BCUT2D eigenvalue weighted by Crippen LogP contribution is -2.50. The summed E-state index contributed by atoms with van der Waals surface area (Å²) < 4.78 is 6.25. The van der Waals surface area contributed by atoms with E-state index in [0.29, 0.717) is 26.2 Å². The molecule has 0 radical (unpaired) electrons. The first-order valence-electron chi connectivity index (χ1n) is 7.42. The van der Waals surface area contributed by atoms with E-state index in [9.17, 15) is 14.4 Å². The largest absolute Gasteiger partial charge is 0.480 e. The molecule has 2 aromatic heterocycles. The summed E-state index contributed by atoms with van der Waals surface area (Å²) in [7, 11) is 0. The Balaban J connectivity index is 1.62. The Morgan fingerprint density at radius 2 is 1.75 bits per heavy atom. The number of carbonyl (C=O) groups excluding carboxylic acids is 2. The van der Waals surface area contributed by atoms with E-state index in [2.05, 4.69) is 5.10 Å². The summed E-state index contributed by atoms with van der Waals surface area (Å²) in [5.41, 5.74) is 0.225. The predicted molar refractivity (Wildman–Crippen MR) is 80.4 cm³/mol. The van der Waals surface area contributed by atoms with Crippen LogP contribution in [0.3, 0.4) is 0 Å². The molecular weight excluding hydrogens is 316 g/mol. The average molecular weight is 332 g/mol. The molecule has 2 aromatic rings. The van der Waals surface area contributed by atoms with Crippen LogP contribution in [0.1, 0.15) is 21.0 Å². The number of aliphatic carboxylic acids is 1. The molecule has 0 bridgehead atoms. The van der Waals surface area contributed by atoms with Crippen molar-refractivity contribution >= 4 is 17.8 Å². The van der Waals surface area contributed by atoms with Crippen molar-refractivity contribution in [2.24, 2.45) is 0 Å². The first kappa shape index (κ1) is 15.8. The van der Waals surface area contributed by atoms with Crippen molar-refractivity contribution in [3.8, 4) is 0 Å². The van der Waals surface area contributed by atoms with E-state index in [4.69, 9.17) is 9.52 Å². The summed E-state index contributed by atoms with van der Waals surface area (Å²) in [5, 5.41) is 12.7. The molecule has 2 amide bonds. The summed E-state index contributed by atoms with van der Waals surface area (Å²) in [6, 6.07) is 4.74. The van der Waals surface area contributed by atoms with Gasteiger partial charge in [-0.25, -0.2) is 4.68 Å². The normalized spacial score (nSPS) is 14.7. The molecule has 9 nitrogen and oxygen atoms in total. The molecule has 3 rings (SSSR count). The molecule has 1 fully saturated rings. The molecule has 1 aliphatic heterocycles. The van der Waals surface area contributed by atoms with E-state index in [1.54, 1.807) is 21.9 Å².